The van der Waals surface area contributed by atoms with E-state index in [9.17, 15) is 22.8 Å². The number of piperidine rings is 1. The van der Waals surface area contributed by atoms with Gasteiger partial charge < -0.3 is 9.80 Å². The fraction of sp³-hybridized carbons (Fsp3) is 0.385. The normalized spacial score (nSPS) is 21.2. The van der Waals surface area contributed by atoms with Gasteiger partial charge in [0.25, 0.3) is 5.91 Å². The molecule has 36 heavy (non-hydrogen) atoms. The Balaban J connectivity index is 1.37. The average molecular weight is 496 g/mol. The number of aryl methyl sites for hydroxylation is 1. The molecule has 2 atom stereocenters. The highest BCUT2D eigenvalue weighted by Gasteiger charge is 2.44. The van der Waals surface area contributed by atoms with Crippen LogP contribution in [-0.4, -0.2) is 44.1 Å². The van der Waals surface area contributed by atoms with Gasteiger partial charge in [-0.05, 0) is 50.3 Å². The van der Waals surface area contributed by atoms with Gasteiger partial charge in [-0.2, -0.15) is 5.10 Å². The summed E-state index contributed by atoms with van der Waals surface area (Å²) in [6, 6.07) is 3.27. The van der Waals surface area contributed by atoms with Gasteiger partial charge in [0.15, 0.2) is 17.5 Å². The Kier molecular flexibility index (Phi) is 5.35. The molecule has 0 unspecified atom stereocenters. The Morgan fingerprint density at radius 1 is 1.06 bits per heavy atom. The van der Waals surface area contributed by atoms with Gasteiger partial charge in [-0.25, -0.2) is 13.2 Å². The second-order valence-electron chi connectivity index (χ2n) is 9.69. The van der Waals surface area contributed by atoms with Crippen molar-refractivity contribution in [2.24, 2.45) is 7.05 Å². The van der Waals surface area contributed by atoms with E-state index in [0.717, 1.165) is 37.0 Å². The molecule has 3 aromatic rings. The molecule has 1 aromatic carbocycles. The molecule has 2 bridgehead atoms. The number of amides is 2. The fourth-order valence-corrected chi connectivity index (χ4v) is 5.96. The number of rotatable bonds is 3. The predicted octanol–water partition coefficient (Wildman–Crippen LogP) is 4.32. The highest BCUT2D eigenvalue weighted by Crippen LogP contribution is 2.45. The summed E-state index contributed by atoms with van der Waals surface area (Å²) < 4.78 is 43.2. The van der Waals surface area contributed by atoms with Gasteiger partial charge >= 0.3 is 0 Å². The molecule has 6 rings (SSSR count). The Morgan fingerprint density at radius 2 is 1.83 bits per heavy atom. The number of hydrogen-bond acceptors (Lipinski definition) is 4. The van der Waals surface area contributed by atoms with E-state index in [4.69, 9.17) is 0 Å². The van der Waals surface area contributed by atoms with E-state index < -0.39 is 17.5 Å². The molecule has 2 amide bonds. The minimum absolute atomic E-state index is 0.0237. The summed E-state index contributed by atoms with van der Waals surface area (Å²) in [6.07, 6.45) is 7.26. The molecular formula is C26H24F3N5O2. The van der Waals surface area contributed by atoms with Crippen molar-refractivity contribution < 1.29 is 22.8 Å². The number of aromatic nitrogens is 3. The maximum absolute atomic E-state index is 14.0. The van der Waals surface area contributed by atoms with Crippen LogP contribution in [0.1, 0.15) is 59.8 Å². The zero-order chi connectivity index (χ0) is 25.1. The highest BCUT2D eigenvalue weighted by molar-refractivity contribution is 5.99. The van der Waals surface area contributed by atoms with Gasteiger partial charge in [-0.1, -0.05) is 0 Å². The molecule has 0 aliphatic carbocycles. The van der Waals surface area contributed by atoms with Crippen molar-refractivity contribution in [1.29, 1.82) is 0 Å². The summed E-state index contributed by atoms with van der Waals surface area (Å²) in [6.45, 7) is 0.609. The van der Waals surface area contributed by atoms with E-state index in [2.05, 4.69) is 10.1 Å². The second-order valence-corrected chi connectivity index (χ2v) is 9.69. The van der Waals surface area contributed by atoms with E-state index in [1.807, 2.05) is 4.90 Å². The van der Waals surface area contributed by atoms with E-state index >= 15 is 0 Å². The van der Waals surface area contributed by atoms with Crippen LogP contribution >= 0.6 is 0 Å². The van der Waals surface area contributed by atoms with Crippen LogP contribution in [0.5, 0.6) is 0 Å². The summed E-state index contributed by atoms with van der Waals surface area (Å²) in [5, 5.41) is 4.66. The third-order valence-electron chi connectivity index (χ3n) is 7.52. The average Bonchev–Trinajstić information content (AvgIpc) is 3.44. The van der Waals surface area contributed by atoms with E-state index in [0.29, 0.717) is 48.4 Å². The van der Waals surface area contributed by atoms with Crippen LogP contribution in [0.4, 0.5) is 18.9 Å². The van der Waals surface area contributed by atoms with Crippen LogP contribution in [0.15, 0.2) is 30.6 Å². The molecular weight excluding hydrogens is 471 g/mol. The van der Waals surface area contributed by atoms with Gasteiger partial charge in [-0.3, -0.25) is 19.3 Å². The van der Waals surface area contributed by atoms with Crippen molar-refractivity contribution >= 4 is 17.5 Å². The lowest BCUT2D eigenvalue weighted by Gasteiger charge is -2.45. The van der Waals surface area contributed by atoms with Crippen LogP contribution < -0.4 is 4.90 Å². The lowest BCUT2D eigenvalue weighted by Crippen LogP contribution is -2.49. The number of nitrogens with zero attached hydrogens (tertiary/aromatic N) is 5. The maximum Gasteiger partial charge on any atom is 0.256 e. The van der Waals surface area contributed by atoms with Crippen LogP contribution in [-0.2, 0) is 18.3 Å². The van der Waals surface area contributed by atoms with Crippen LogP contribution in [0.3, 0.4) is 0 Å². The van der Waals surface area contributed by atoms with Crippen molar-refractivity contribution in [3.8, 4) is 11.3 Å². The number of halogens is 3. The molecule has 0 saturated carbocycles. The van der Waals surface area contributed by atoms with Gasteiger partial charge in [0.2, 0.25) is 5.91 Å². The number of carbonyl (C=O) groups excluding carboxylic acids is 2. The Morgan fingerprint density at radius 3 is 2.56 bits per heavy atom. The van der Waals surface area contributed by atoms with Gasteiger partial charge in [0, 0.05) is 43.4 Å². The number of carbonyl (C=O) groups is 2. The molecule has 2 fully saturated rings. The first-order valence-corrected chi connectivity index (χ1v) is 12.1. The molecule has 10 heteroatoms. The third kappa shape index (κ3) is 3.50. The predicted molar refractivity (Wildman–Crippen MR) is 125 cm³/mol. The molecule has 3 aliphatic heterocycles. The van der Waals surface area contributed by atoms with E-state index in [1.54, 1.807) is 28.9 Å². The Hall–Kier alpha value is -3.69. The van der Waals surface area contributed by atoms with Crippen molar-refractivity contribution in [3.63, 3.8) is 0 Å². The van der Waals surface area contributed by atoms with Gasteiger partial charge in [-0.15, -0.1) is 0 Å². The molecule has 0 spiro atoms. The third-order valence-corrected chi connectivity index (χ3v) is 7.52. The second kappa shape index (κ2) is 8.46. The molecule has 186 valence electrons. The van der Waals surface area contributed by atoms with Crippen molar-refractivity contribution in [3.05, 3.63) is 64.9 Å². The van der Waals surface area contributed by atoms with Crippen molar-refractivity contribution in [2.75, 3.05) is 11.4 Å². The molecule has 7 nitrogen and oxygen atoms in total. The van der Waals surface area contributed by atoms with Crippen LogP contribution in [0, 0.1) is 17.5 Å². The Bertz CT molecular complexity index is 1380. The Labute approximate surface area is 205 Å². The molecule has 5 heterocycles. The lowest BCUT2D eigenvalue weighted by atomic mass is 9.81. The number of fused-ring (bicyclic) bond motifs is 4. The molecule has 2 saturated heterocycles. The minimum atomic E-state index is -1.50. The molecule has 2 aromatic heterocycles. The molecule has 0 radical (unpaired) electrons. The summed E-state index contributed by atoms with van der Waals surface area (Å²) in [5.41, 5.74) is 3.30. The zero-order valence-electron chi connectivity index (χ0n) is 19.7. The van der Waals surface area contributed by atoms with E-state index in [-0.39, 0.29) is 29.5 Å². The fourth-order valence-electron chi connectivity index (χ4n) is 5.96. The number of anilines is 1. The summed E-state index contributed by atoms with van der Waals surface area (Å²) in [5.74, 6) is -4.17. The lowest BCUT2D eigenvalue weighted by molar-refractivity contribution is -0.117. The first-order chi connectivity index (χ1) is 17.3. The molecule has 3 aliphatic rings. The molecule has 0 N–H and O–H groups in total. The largest absolute Gasteiger partial charge is 0.327 e. The summed E-state index contributed by atoms with van der Waals surface area (Å²) in [4.78, 5) is 33.7. The quantitative estimate of drug-likeness (QED) is 0.508. The smallest absolute Gasteiger partial charge is 0.256 e. The summed E-state index contributed by atoms with van der Waals surface area (Å²) >= 11 is 0. The monoisotopic (exact) mass is 495 g/mol. The SMILES string of the molecule is Cn1nc2c(c1-c1cc(F)c(F)c(F)c1)C[C@@H]1CCC[C@H]2N1C(=O)c1cncc(N2CCCC2=O)c1. The number of benzene rings is 1. The first-order valence-electron chi connectivity index (χ1n) is 12.1. The van der Waals surface area contributed by atoms with Crippen molar-refractivity contribution in [1.82, 2.24) is 19.7 Å². The number of hydrogen-bond donors (Lipinski definition) is 0. The minimum Gasteiger partial charge on any atom is -0.327 e. The maximum atomic E-state index is 14.0. The van der Waals surface area contributed by atoms with Gasteiger partial charge in [0.05, 0.1) is 34.9 Å². The van der Waals surface area contributed by atoms with Crippen LogP contribution in [0.25, 0.3) is 11.3 Å². The first kappa shape index (κ1) is 22.8. The highest BCUT2D eigenvalue weighted by atomic mass is 19.2. The summed E-state index contributed by atoms with van der Waals surface area (Å²) in [7, 11) is 1.68. The standard InChI is InChI=1S/C26H24F3N5O2/c1-32-25(14-9-19(27)23(29)20(28)10-14)18-11-16-4-2-5-21(24(18)31-32)34(16)26(36)15-8-17(13-30-12-15)33-7-3-6-22(33)35/h8-10,12-13,16,21H,2-7,11H2,1H3/t16-,21+/m0/s1. The van der Waals surface area contributed by atoms with Crippen molar-refractivity contribution in [2.45, 2.75) is 50.6 Å². The van der Waals surface area contributed by atoms with Gasteiger partial charge in [0.1, 0.15) is 0 Å². The zero-order valence-corrected chi connectivity index (χ0v) is 19.7. The van der Waals surface area contributed by atoms with E-state index in [1.165, 1.54) is 6.20 Å². The topological polar surface area (TPSA) is 71.3 Å². The number of pyridine rings is 1. The van der Waals surface area contributed by atoms with Crippen LogP contribution in [0.2, 0.25) is 0 Å².